The van der Waals surface area contributed by atoms with E-state index in [1.165, 1.54) is 4.90 Å². The Labute approximate surface area is 204 Å². The maximum Gasteiger partial charge on any atom is 0.300 e. The molecule has 5 rings (SSSR count). The number of anilines is 2. The Morgan fingerprint density at radius 3 is 2.40 bits per heavy atom. The summed E-state index contributed by atoms with van der Waals surface area (Å²) in [5, 5.41) is 12.4. The molecule has 1 saturated heterocycles. The number of ketones is 1. The first kappa shape index (κ1) is 22.5. The summed E-state index contributed by atoms with van der Waals surface area (Å²) in [6.07, 6.45) is 1.82. The number of carbonyl (C=O) groups excluding carboxylic acids is 2. The molecule has 1 aliphatic rings. The summed E-state index contributed by atoms with van der Waals surface area (Å²) in [6.45, 7) is 3.81. The van der Waals surface area contributed by atoms with Gasteiger partial charge >= 0.3 is 0 Å². The van der Waals surface area contributed by atoms with Crippen LogP contribution in [0, 0.1) is 13.8 Å². The maximum atomic E-state index is 13.5. The van der Waals surface area contributed by atoms with Crippen LogP contribution in [0.25, 0.3) is 16.7 Å². The lowest BCUT2D eigenvalue weighted by atomic mass is 9.93. The summed E-state index contributed by atoms with van der Waals surface area (Å²) in [5.74, 6) is -1.52. The van der Waals surface area contributed by atoms with Crippen molar-refractivity contribution in [3.63, 3.8) is 0 Å². The smallest absolute Gasteiger partial charge is 0.300 e. The third-order valence-electron chi connectivity index (χ3n) is 6.65. The number of aryl methyl sites for hydroxylation is 2. The number of benzene rings is 3. The molecule has 2 N–H and O–H groups in total. The number of hydrogen-bond acceptors (Lipinski definition) is 4. The highest BCUT2D eigenvalue weighted by molar-refractivity contribution is 6.52. The molecule has 1 amide bonds. The first-order valence-corrected chi connectivity index (χ1v) is 11.5. The first-order valence-electron chi connectivity index (χ1n) is 11.5. The number of rotatable bonds is 4. The average Bonchev–Trinajstić information content (AvgIpc) is 3.39. The van der Waals surface area contributed by atoms with Crippen molar-refractivity contribution in [3.8, 4) is 0 Å². The van der Waals surface area contributed by atoms with Crippen LogP contribution >= 0.6 is 0 Å². The summed E-state index contributed by atoms with van der Waals surface area (Å²) in [7, 11) is 3.88. The number of aromatic amines is 1. The van der Waals surface area contributed by atoms with Gasteiger partial charge in [0, 0.05) is 53.7 Å². The number of amides is 1. The second-order valence-electron chi connectivity index (χ2n) is 9.19. The third-order valence-corrected chi connectivity index (χ3v) is 6.65. The fourth-order valence-corrected chi connectivity index (χ4v) is 4.76. The predicted octanol–water partition coefficient (Wildman–Crippen LogP) is 5.48. The van der Waals surface area contributed by atoms with Gasteiger partial charge in [-0.05, 0) is 55.8 Å². The van der Waals surface area contributed by atoms with Crippen LogP contribution in [-0.4, -0.2) is 35.9 Å². The topological polar surface area (TPSA) is 76.6 Å². The second-order valence-corrected chi connectivity index (χ2v) is 9.19. The lowest BCUT2D eigenvalue weighted by molar-refractivity contribution is -0.132. The summed E-state index contributed by atoms with van der Waals surface area (Å²) in [4.78, 5) is 33.7. The van der Waals surface area contributed by atoms with Crippen LogP contribution in [0.5, 0.6) is 0 Å². The number of Topliss-reactive ketones (excluding diaryl/α,β-unsaturated/α-hetero) is 1. The number of fused-ring (bicyclic) bond motifs is 1. The van der Waals surface area contributed by atoms with Crippen molar-refractivity contribution in [3.05, 3.63) is 101 Å². The minimum absolute atomic E-state index is 0.0881. The van der Waals surface area contributed by atoms with Crippen LogP contribution in [0.4, 0.5) is 11.4 Å². The molecule has 6 nitrogen and oxygen atoms in total. The van der Waals surface area contributed by atoms with Crippen LogP contribution in [0.1, 0.15) is 28.3 Å². The quantitative estimate of drug-likeness (QED) is 0.238. The van der Waals surface area contributed by atoms with Gasteiger partial charge in [0.15, 0.2) is 0 Å². The predicted molar refractivity (Wildman–Crippen MR) is 140 cm³/mol. The highest BCUT2D eigenvalue weighted by Gasteiger charge is 2.47. The fourth-order valence-electron chi connectivity index (χ4n) is 4.76. The number of H-pyrrole nitrogens is 1. The maximum absolute atomic E-state index is 13.5. The molecular weight excluding hydrogens is 438 g/mol. The van der Waals surface area contributed by atoms with E-state index in [9.17, 15) is 14.7 Å². The van der Waals surface area contributed by atoms with Crippen LogP contribution in [0.15, 0.2) is 78.5 Å². The highest BCUT2D eigenvalue weighted by Crippen LogP contribution is 2.44. The van der Waals surface area contributed by atoms with E-state index in [4.69, 9.17) is 0 Å². The number of aromatic nitrogens is 1. The van der Waals surface area contributed by atoms with E-state index in [-0.39, 0.29) is 11.3 Å². The van der Waals surface area contributed by atoms with Gasteiger partial charge in [0.1, 0.15) is 5.76 Å². The van der Waals surface area contributed by atoms with Gasteiger partial charge in [0.05, 0.1) is 11.6 Å². The van der Waals surface area contributed by atoms with Crippen molar-refractivity contribution < 1.29 is 14.7 Å². The number of aliphatic hydroxyl groups excluding tert-OH is 1. The van der Waals surface area contributed by atoms with Crippen LogP contribution in [0.3, 0.4) is 0 Å². The van der Waals surface area contributed by atoms with E-state index in [0.717, 1.165) is 33.3 Å². The number of nitrogens with one attached hydrogen (secondary N) is 1. The molecule has 1 unspecified atom stereocenters. The van der Waals surface area contributed by atoms with Crippen molar-refractivity contribution in [1.29, 1.82) is 0 Å². The van der Waals surface area contributed by atoms with Gasteiger partial charge in [0.25, 0.3) is 11.7 Å². The minimum Gasteiger partial charge on any atom is -0.507 e. The Morgan fingerprint density at radius 1 is 0.971 bits per heavy atom. The molecule has 176 valence electrons. The minimum atomic E-state index is -0.781. The Balaban J connectivity index is 1.77. The van der Waals surface area contributed by atoms with Gasteiger partial charge in [-0.2, -0.15) is 0 Å². The molecule has 35 heavy (non-hydrogen) atoms. The fraction of sp³-hybridized carbons (Fsp3) is 0.172. The molecule has 1 aliphatic heterocycles. The Kier molecular flexibility index (Phi) is 5.44. The molecule has 0 saturated carbocycles. The van der Waals surface area contributed by atoms with Gasteiger partial charge < -0.3 is 15.0 Å². The third kappa shape index (κ3) is 3.67. The number of nitrogens with zero attached hydrogens (tertiary/aromatic N) is 2. The van der Waals surface area contributed by atoms with E-state index < -0.39 is 17.7 Å². The normalized spacial score (nSPS) is 17.4. The van der Waals surface area contributed by atoms with Crippen molar-refractivity contribution in [2.45, 2.75) is 19.9 Å². The van der Waals surface area contributed by atoms with Crippen molar-refractivity contribution in [2.75, 3.05) is 23.9 Å². The SMILES string of the molecule is Cc1ccc(C)c(/C(O)=C2\C(=O)C(=O)N(c3ccc(N(C)C)cc3)C2c2c[nH]c3ccccc23)c1. The summed E-state index contributed by atoms with van der Waals surface area (Å²) in [5.41, 5.74) is 5.63. The molecule has 1 fully saturated rings. The highest BCUT2D eigenvalue weighted by atomic mass is 16.3. The van der Waals surface area contributed by atoms with Crippen LogP contribution in [0.2, 0.25) is 0 Å². The van der Waals surface area contributed by atoms with Gasteiger partial charge in [-0.15, -0.1) is 0 Å². The molecule has 1 atom stereocenters. The molecule has 0 radical (unpaired) electrons. The lowest BCUT2D eigenvalue weighted by Crippen LogP contribution is -2.29. The van der Waals surface area contributed by atoms with Crippen molar-refractivity contribution in [1.82, 2.24) is 4.98 Å². The molecule has 1 aromatic heterocycles. The Hall–Kier alpha value is -4.32. The molecule has 6 heteroatoms. The van der Waals surface area contributed by atoms with Crippen molar-refractivity contribution in [2.24, 2.45) is 0 Å². The standard InChI is InChI=1S/C29H27N3O3/c1-17-9-10-18(2)22(15-17)27(33)25-26(23-16-30-24-8-6-5-7-21(23)24)32(29(35)28(25)34)20-13-11-19(12-14-20)31(3)4/h5-16,26,30,33H,1-4H3/b27-25+. The molecule has 4 aromatic rings. The van der Waals surface area contributed by atoms with Crippen LogP contribution < -0.4 is 9.80 Å². The molecule has 0 spiro atoms. The van der Waals surface area contributed by atoms with Crippen molar-refractivity contribution >= 4 is 39.7 Å². The van der Waals surface area contributed by atoms with Gasteiger partial charge in [0.2, 0.25) is 0 Å². The van der Waals surface area contributed by atoms with E-state index in [0.29, 0.717) is 11.3 Å². The summed E-state index contributed by atoms with van der Waals surface area (Å²) >= 11 is 0. The molecule has 0 aliphatic carbocycles. The summed E-state index contributed by atoms with van der Waals surface area (Å²) < 4.78 is 0. The Bertz CT molecular complexity index is 1500. The number of para-hydroxylation sites is 1. The molecule has 0 bridgehead atoms. The largest absolute Gasteiger partial charge is 0.507 e. The molecular formula is C29H27N3O3. The summed E-state index contributed by atoms with van der Waals surface area (Å²) in [6, 6.07) is 20.1. The van der Waals surface area contributed by atoms with Gasteiger partial charge in [-0.3, -0.25) is 14.5 Å². The zero-order chi connectivity index (χ0) is 24.9. The molecule has 2 heterocycles. The monoisotopic (exact) mass is 465 g/mol. The van der Waals surface area contributed by atoms with Gasteiger partial charge in [-0.25, -0.2) is 0 Å². The zero-order valence-electron chi connectivity index (χ0n) is 20.2. The first-order chi connectivity index (χ1) is 16.8. The number of aliphatic hydroxyl groups is 1. The average molecular weight is 466 g/mol. The zero-order valence-corrected chi connectivity index (χ0v) is 20.2. The van der Waals surface area contributed by atoms with Gasteiger partial charge in [-0.1, -0.05) is 35.9 Å². The lowest BCUT2D eigenvalue weighted by Gasteiger charge is -2.25. The van der Waals surface area contributed by atoms with E-state index in [1.807, 2.05) is 106 Å². The van der Waals surface area contributed by atoms with E-state index in [1.54, 1.807) is 0 Å². The number of carbonyl (C=O) groups is 2. The second kappa shape index (κ2) is 8.47. The van der Waals surface area contributed by atoms with E-state index in [2.05, 4.69) is 4.98 Å². The Morgan fingerprint density at radius 2 is 1.69 bits per heavy atom. The molecule has 3 aromatic carbocycles. The van der Waals surface area contributed by atoms with Crippen LogP contribution in [-0.2, 0) is 9.59 Å². The number of hydrogen-bond donors (Lipinski definition) is 2. The van der Waals surface area contributed by atoms with E-state index >= 15 is 0 Å².